The molecule has 2 aliphatic heterocycles. The first-order valence-corrected chi connectivity index (χ1v) is 10.6. The molecule has 0 aromatic heterocycles. The van der Waals surface area contributed by atoms with Gasteiger partial charge in [0, 0.05) is 18.2 Å². The van der Waals surface area contributed by atoms with Crippen LogP contribution in [0.3, 0.4) is 0 Å². The lowest BCUT2D eigenvalue weighted by Gasteiger charge is -2.34. The summed E-state index contributed by atoms with van der Waals surface area (Å²) in [5.74, 6) is 0.192. The third kappa shape index (κ3) is 3.48. The lowest BCUT2D eigenvalue weighted by Crippen LogP contribution is -2.43. The van der Waals surface area contributed by atoms with E-state index in [1.807, 2.05) is 13.8 Å². The van der Waals surface area contributed by atoms with E-state index in [1.54, 1.807) is 11.1 Å². The Morgan fingerprint density at radius 3 is 2.73 bits per heavy atom. The SMILES string of the molecule is C=C1NC(=O)C=CN1C1O[C@](C)(CCP(=C)(C)C)[C@@H](O)[C@H]1C. The first-order chi connectivity index (χ1) is 10.0. The zero-order chi connectivity index (χ0) is 16.7. The fourth-order valence-corrected chi connectivity index (χ4v) is 3.98. The Morgan fingerprint density at radius 2 is 2.18 bits per heavy atom. The van der Waals surface area contributed by atoms with Gasteiger partial charge in [0.05, 0.1) is 11.7 Å². The topological polar surface area (TPSA) is 61.8 Å². The molecule has 0 saturated carbocycles. The van der Waals surface area contributed by atoms with Crippen molar-refractivity contribution >= 4 is 19.1 Å². The number of nitrogens with one attached hydrogen (secondary N) is 1. The molecule has 1 fully saturated rings. The van der Waals surface area contributed by atoms with E-state index in [2.05, 4.69) is 31.5 Å². The zero-order valence-electron chi connectivity index (χ0n) is 13.9. The molecule has 1 amide bonds. The summed E-state index contributed by atoms with van der Waals surface area (Å²) in [6.07, 6.45) is 8.17. The van der Waals surface area contributed by atoms with Gasteiger partial charge in [-0.15, -0.1) is 13.2 Å². The summed E-state index contributed by atoms with van der Waals surface area (Å²) in [5, 5.41) is 13.3. The van der Waals surface area contributed by atoms with E-state index >= 15 is 0 Å². The summed E-state index contributed by atoms with van der Waals surface area (Å²) < 4.78 is 6.22. The van der Waals surface area contributed by atoms with Crippen molar-refractivity contribution in [2.24, 2.45) is 5.92 Å². The number of carbonyl (C=O) groups is 1. The van der Waals surface area contributed by atoms with E-state index in [1.165, 1.54) is 6.08 Å². The second kappa shape index (κ2) is 5.88. The van der Waals surface area contributed by atoms with Gasteiger partial charge in [-0.3, -0.25) is 4.79 Å². The summed E-state index contributed by atoms with van der Waals surface area (Å²) in [4.78, 5) is 13.1. The Bertz CT molecular complexity index is 554. The van der Waals surface area contributed by atoms with E-state index in [0.29, 0.717) is 5.82 Å². The average molecular weight is 326 g/mol. The second-order valence-electron chi connectivity index (χ2n) is 7.19. The first-order valence-electron chi connectivity index (χ1n) is 7.53. The highest BCUT2D eigenvalue weighted by Crippen LogP contribution is 2.44. The van der Waals surface area contributed by atoms with Crippen molar-refractivity contribution in [3.8, 4) is 0 Å². The molecule has 1 unspecified atom stereocenters. The van der Waals surface area contributed by atoms with Crippen molar-refractivity contribution in [3.05, 3.63) is 24.7 Å². The van der Waals surface area contributed by atoms with E-state index in [9.17, 15) is 9.90 Å². The summed E-state index contributed by atoms with van der Waals surface area (Å²) in [5.41, 5.74) is -0.603. The maximum Gasteiger partial charge on any atom is 0.250 e. The largest absolute Gasteiger partial charge is 0.390 e. The van der Waals surface area contributed by atoms with Crippen LogP contribution >= 0.6 is 6.89 Å². The van der Waals surface area contributed by atoms with E-state index < -0.39 is 18.6 Å². The molecule has 0 aromatic carbocycles. The lowest BCUT2D eigenvalue weighted by molar-refractivity contribution is -0.120. The normalized spacial score (nSPS) is 35.9. The molecule has 4 atom stereocenters. The van der Waals surface area contributed by atoms with Gasteiger partial charge in [0.1, 0.15) is 12.0 Å². The van der Waals surface area contributed by atoms with Crippen LogP contribution in [0.2, 0.25) is 0 Å². The zero-order valence-corrected chi connectivity index (χ0v) is 14.8. The summed E-state index contributed by atoms with van der Waals surface area (Å²) in [6.45, 7) is 11.0. The summed E-state index contributed by atoms with van der Waals surface area (Å²) >= 11 is 0. The maximum absolute atomic E-state index is 11.3. The summed E-state index contributed by atoms with van der Waals surface area (Å²) in [6, 6.07) is 0. The number of hydrogen-bond donors (Lipinski definition) is 2. The minimum Gasteiger partial charge on any atom is -0.390 e. The van der Waals surface area contributed by atoms with Crippen molar-refractivity contribution in [3.63, 3.8) is 0 Å². The van der Waals surface area contributed by atoms with Crippen molar-refractivity contribution in [1.29, 1.82) is 0 Å². The van der Waals surface area contributed by atoms with Crippen LogP contribution in [0.4, 0.5) is 0 Å². The number of aliphatic hydroxyl groups is 1. The van der Waals surface area contributed by atoms with Crippen LogP contribution in [0.1, 0.15) is 20.3 Å². The molecule has 0 radical (unpaired) electrons. The molecule has 0 spiro atoms. The molecule has 2 heterocycles. The predicted octanol–water partition coefficient (Wildman–Crippen LogP) is 1.61. The molecule has 0 bridgehead atoms. The minimum absolute atomic E-state index is 0.0901. The molecule has 5 nitrogen and oxygen atoms in total. The van der Waals surface area contributed by atoms with Gasteiger partial charge in [-0.05, 0) is 32.8 Å². The molecule has 0 aromatic rings. The fraction of sp³-hybridized carbons (Fsp3) is 0.625. The Morgan fingerprint density at radius 1 is 1.55 bits per heavy atom. The number of aliphatic hydroxyl groups excluding tert-OH is 1. The van der Waals surface area contributed by atoms with Crippen LogP contribution in [0.25, 0.3) is 0 Å². The van der Waals surface area contributed by atoms with Gasteiger partial charge in [-0.25, -0.2) is 0 Å². The number of carbonyl (C=O) groups excluding carboxylic acids is 1. The van der Waals surface area contributed by atoms with Crippen LogP contribution in [0.15, 0.2) is 24.7 Å². The van der Waals surface area contributed by atoms with Crippen molar-refractivity contribution < 1.29 is 14.6 Å². The number of amides is 1. The van der Waals surface area contributed by atoms with Crippen LogP contribution in [0, 0.1) is 5.92 Å². The van der Waals surface area contributed by atoms with Gasteiger partial charge in [0.25, 0.3) is 5.91 Å². The third-order valence-corrected chi connectivity index (χ3v) is 5.85. The Kier molecular flexibility index (Phi) is 4.63. The maximum atomic E-state index is 11.3. The van der Waals surface area contributed by atoms with Crippen LogP contribution in [-0.2, 0) is 9.53 Å². The predicted molar refractivity (Wildman–Crippen MR) is 92.1 cm³/mol. The molecule has 0 aliphatic carbocycles. The Labute approximate surface area is 133 Å². The number of nitrogens with zero attached hydrogens (tertiary/aromatic N) is 1. The number of rotatable bonds is 4. The van der Waals surface area contributed by atoms with E-state index in [0.717, 1.165) is 12.6 Å². The molecule has 1 saturated heterocycles. The molecule has 22 heavy (non-hydrogen) atoms. The van der Waals surface area contributed by atoms with E-state index in [-0.39, 0.29) is 18.1 Å². The average Bonchev–Trinajstić information content (AvgIpc) is 2.61. The molecule has 2 aliphatic rings. The molecular weight excluding hydrogens is 299 g/mol. The molecular formula is C16H27N2O3P. The third-order valence-electron chi connectivity index (χ3n) is 4.42. The smallest absolute Gasteiger partial charge is 0.250 e. The lowest BCUT2D eigenvalue weighted by atomic mass is 9.90. The van der Waals surface area contributed by atoms with Crippen LogP contribution < -0.4 is 5.32 Å². The van der Waals surface area contributed by atoms with Crippen molar-refractivity contribution in [2.45, 2.75) is 38.2 Å². The van der Waals surface area contributed by atoms with Gasteiger partial charge in [-0.1, -0.05) is 13.5 Å². The van der Waals surface area contributed by atoms with Crippen molar-refractivity contribution in [2.75, 3.05) is 19.5 Å². The minimum atomic E-state index is -1.17. The molecule has 2 N–H and O–H groups in total. The first kappa shape index (κ1) is 17.3. The molecule has 2 rings (SSSR count). The van der Waals surface area contributed by atoms with E-state index in [4.69, 9.17) is 4.74 Å². The second-order valence-corrected chi connectivity index (χ2v) is 11.5. The fourth-order valence-electron chi connectivity index (χ4n) is 2.93. The van der Waals surface area contributed by atoms with Gasteiger partial charge < -0.3 is 20.1 Å². The number of hydrogen-bond acceptors (Lipinski definition) is 4. The van der Waals surface area contributed by atoms with Crippen LogP contribution in [0.5, 0.6) is 0 Å². The summed E-state index contributed by atoms with van der Waals surface area (Å²) in [7, 11) is 0. The van der Waals surface area contributed by atoms with Crippen LogP contribution in [-0.4, -0.2) is 59.6 Å². The van der Waals surface area contributed by atoms with Gasteiger partial charge in [0.2, 0.25) is 0 Å². The molecule has 124 valence electrons. The monoisotopic (exact) mass is 326 g/mol. The quantitative estimate of drug-likeness (QED) is 0.771. The number of ether oxygens (including phenoxy) is 1. The Balaban J connectivity index is 2.16. The van der Waals surface area contributed by atoms with Crippen molar-refractivity contribution in [1.82, 2.24) is 10.2 Å². The van der Waals surface area contributed by atoms with Gasteiger partial charge in [-0.2, -0.15) is 0 Å². The highest BCUT2D eigenvalue weighted by atomic mass is 31.2. The highest BCUT2D eigenvalue weighted by molar-refractivity contribution is 7.72. The Hall–Kier alpha value is -1.03. The molecule has 6 heteroatoms. The van der Waals surface area contributed by atoms with Gasteiger partial charge in [0.15, 0.2) is 0 Å². The standard InChI is InChI=1S/C16H27N2O3P/c1-11-14(20)16(3,8-10-22(4,5)6)21-15(11)18-9-7-13(19)17-12(18)2/h7,9,11,14-15,20H,2,4,8,10H2,1,3,5-6H3,(H,17,19)/t11-,14+,15?,16-/m1/s1. The van der Waals surface area contributed by atoms with Gasteiger partial charge >= 0.3 is 0 Å². The highest BCUT2D eigenvalue weighted by Gasteiger charge is 2.51.